The summed E-state index contributed by atoms with van der Waals surface area (Å²) >= 11 is 1.92. The normalized spacial score (nSPS) is 23.8. The third-order valence-electron chi connectivity index (χ3n) is 4.17. The molecule has 0 N–H and O–H groups in total. The molecule has 2 aliphatic heterocycles. The molecule has 2 fully saturated rings. The predicted molar refractivity (Wildman–Crippen MR) is 84.2 cm³/mol. The maximum Gasteiger partial charge on any atom is 0.247 e. The van der Waals surface area contributed by atoms with Crippen molar-refractivity contribution < 1.29 is 9.59 Å². The first kappa shape index (κ1) is 14.6. The van der Waals surface area contributed by atoms with Gasteiger partial charge in [-0.3, -0.25) is 19.4 Å². The number of hydrogen-bond acceptors (Lipinski definition) is 4. The van der Waals surface area contributed by atoms with Crippen molar-refractivity contribution in [1.82, 2.24) is 9.80 Å². The maximum absolute atomic E-state index is 12.5. The third kappa shape index (κ3) is 3.30. The van der Waals surface area contributed by atoms with Crippen LogP contribution in [0.1, 0.15) is 12.0 Å². The molecule has 2 amide bonds. The standard InChI is InChI=1S/C16H20N2O2S/c19-15-12-14(17-8-10-21-11-9-17)16(20)18(15)7-6-13-4-2-1-3-5-13/h1-5,14H,6-12H2/t14-/m1/s1. The summed E-state index contributed by atoms with van der Waals surface area (Å²) in [7, 11) is 0. The van der Waals surface area contributed by atoms with Crippen LogP contribution in [-0.4, -0.2) is 58.8 Å². The fourth-order valence-electron chi connectivity index (χ4n) is 2.96. The minimum absolute atomic E-state index is 0.00262. The summed E-state index contributed by atoms with van der Waals surface area (Å²) in [4.78, 5) is 28.3. The first-order valence-corrected chi connectivity index (χ1v) is 8.61. The van der Waals surface area contributed by atoms with Crippen molar-refractivity contribution in [1.29, 1.82) is 0 Å². The first-order valence-electron chi connectivity index (χ1n) is 7.45. The summed E-state index contributed by atoms with van der Waals surface area (Å²) in [6.07, 6.45) is 1.10. The van der Waals surface area contributed by atoms with Gasteiger partial charge in [-0.1, -0.05) is 30.3 Å². The highest BCUT2D eigenvalue weighted by Gasteiger charge is 2.41. The lowest BCUT2D eigenvalue weighted by Crippen LogP contribution is -2.46. The van der Waals surface area contributed by atoms with Crippen LogP contribution in [-0.2, 0) is 16.0 Å². The Morgan fingerprint density at radius 3 is 2.52 bits per heavy atom. The molecular weight excluding hydrogens is 284 g/mol. The second-order valence-corrected chi connectivity index (χ2v) is 6.71. The van der Waals surface area contributed by atoms with Gasteiger partial charge in [0.15, 0.2) is 0 Å². The lowest BCUT2D eigenvalue weighted by atomic mass is 10.1. The van der Waals surface area contributed by atoms with E-state index < -0.39 is 0 Å². The Bertz CT molecular complexity index is 514. The number of likely N-dealkylation sites (tertiary alicyclic amines) is 1. The van der Waals surface area contributed by atoms with Gasteiger partial charge in [0, 0.05) is 31.1 Å². The van der Waals surface area contributed by atoms with Crippen molar-refractivity contribution in [3.63, 3.8) is 0 Å². The molecular formula is C16H20N2O2S. The van der Waals surface area contributed by atoms with Crippen molar-refractivity contribution in [2.24, 2.45) is 0 Å². The van der Waals surface area contributed by atoms with E-state index in [0.717, 1.165) is 36.6 Å². The van der Waals surface area contributed by atoms with E-state index in [4.69, 9.17) is 0 Å². The molecule has 2 heterocycles. The fraction of sp³-hybridized carbons (Fsp3) is 0.500. The molecule has 0 unspecified atom stereocenters. The molecule has 1 aromatic rings. The van der Waals surface area contributed by atoms with Gasteiger partial charge in [0.05, 0.1) is 12.5 Å². The van der Waals surface area contributed by atoms with E-state index in [1.165, 1.54) is 4.90 Å². The summed E-state index contributed by atoms with van der Waals surface area (Å²) in [5.74, 6) is 2.10. The number of carbonyl (C=O) groups excluding carboxylic acids is 2. The number of thioether (sulfide) groups is 1. The van der Waals surface area contributed by atoms with Crippen LogP contribution in [0.3, 0.4) is 0 Å². The molecule has 2 saturated heterocycles. The molecule has 0 aliphatic carbocycles. The Morgan fingerprint density at radius 1 is 1.10 bits per heavy atom. The summed E-state index contributed by atoms with van der Waals surface area (Å²) < 4.78 is 0. The fourth-order valence-corrected chi connectivity index (χ4v) is 3.89. The van der Waals surface area contributed by atoms with Gasteiger partial charge in [-0.2, -0.15) is 11.8 Å². The van der Waals surface area contributed by atoms with Gasteiger partial charge >= 0.3 is 0 Å². The van der Waals surface area contributed by atoms with Gasteiger partial charge in [0.2, 0.25) is 11.8 Å². The molecule has 5 heteroatoms. The summed E-state index contributed by atoms with van der Waals surface area (Å²) in [5.41, 5.74) is 1.16. The Balaban J connectivity index is 1.61. The van der Waals surface area contributed by atoms with Gasteiger partial charge in [-0.25, -0.2) is 0 Å². The van der Waals surface area contributed by atoms with E-state index in [1.807, 2.05) is 42.1 Å². The molecule has 3 rings (SSSR count). The number of amides is 2. The SMILES string of the molecule is O=C1C[C@@H](N2CCSCC2)C(=O)N1CCc1ccccc1. The summed E-state index contributed by atoms with van der Waals surface area (Å²) in [6, 6.07) is 9.79. The Kier molecular flexibility index (Phi) is 4.60. The van der Waals surface area contributed by atoms with Gasteiger partial charge in [0.25, 0.3) is 0 Å². The molecule has 0 spiro atoms. The highest BCUT2D eigenvalue weighted by Crippen LogP contribution is 2.22. The molecule has 0 saturated carbocycles. The van der Waals surface area contributed by atoms with E-state index in [9.17, 15) is 9.59 Å². The number of imide groups is 1. The number of carbonyl (C=O) groups is 2. The second-order valence-electron chi connectivity index (χ2n) is 5.49. The largest absolute Gasteiger partial charge is 0.290 e. The number of hydrogen-bond donors (Lipinski definition) is 0. The second kappa shape index (κ2) is 6.62. The highest BCUT2D eigenvalue weighted by molar-refractivity contribution is 7.99. The van der Waals surface area contributed by atoms with Gasteiger partial charge in [-0.15, -0.1) is 0 Å². The van der Waals surface area contributed by atoms with E-state index in [-0.39, 0.29) is 17.9 Å². The Labute approximate surface area is 129 Å². The van der Waals surface area contributed by atoms with Crippen LogP contribution in [0, 0.1) is 0 Å². The zero-order valence-electron chi connectivity index (χ0n) is 12.0. The maximum atomic E-state index is 12.5. The van der Waals surface area contributed by atoms with Crippen LogP contribution in [0.25, 0.3) is 0 Å². The van der Waals surface area contributed by atoms with Crippen LogP contribution in [0.2, 0.25) is 0 Å². The zero-order valence-corrected chi connectivity index (χ0v) is 12.8. The Morgan fingerprint density at radius 2 is 1.81 bits per heavy atom. The summed E-state index contributed by atoms with van der Waals surface area (Å²) in [6.45, 7) is 2.34. The predicted octanol–water partition coefficient (Wildman–Crippen LogP) is 1.41. The van der Waals surface area contributed by atoms with Crippen molar-refractivity contribution >= 4 is 23.6 Å². The van der Waals surface area contributed by atoms with Crippen LogP contribution >= 0.6 is 11.8 Å². The van der Waals surface area contributed by atoms with Gasteiger partial charge in [-0.05, 0) is 12.0 Å². The van der Waals surface area contributed by atoms with Crippen molar-refractivity contribution in [2.75, 3.05) is 31.1 Å². The molecule has 0 aromatic heterocycles. The van der Waals surface area contributed by atoms with Crippen molar-refractivity contribution in [2.45, 2.75) is 18.9 Å². The Hall–Kier alpha value is -1.33. The molecule has 0 radical (unpaired) electrons. The molecule has 4 nitrogen and oxygen atoms in total. The molecule has 0 bridgehead atoms. The number of nitrogens with zero attached hydrogens (tertiary/aromatic N) is 2. The number of rotatable bonds is 4. The minimum atomic E-state index is -0.214. The molecule has 21 heavy (non-hydrogen) atoms. The summed E-state index contributed by atoms with van der Waals surface area (Å²) in [5, 5.41) is 0. The van der Waals surface area contributed by atoms with Gasteiger partial charge < -0.3 is 0 Å². The lowest BCUT2D eigenvalue weighted by molar-refractivity contribution is -0.139. The quantitative estimate of drug-likeness (QED) is 0.789. The molecule has 1 atom stereocenters. The first-order chi connectivity index (χ1) is 10.3. The van der Waals surface area contributed by atoms with Crippen molar-refractivity contribution in [3.8, 4) is 0 Å². The van der Waals surface area contributed by atoms with Crippen LogP contribution < -0.4 is 0 Å². The molecule has 2 aliphatic rings. The minimum Gasteiger partial charge on any atom is -0.290 e. The molecule has 112 valence electrons. The van der Waals surface area contributed by atoms with E-state index >= 15 is 0 Å². The smallest absolute Gasteiger partial charge is 0.247 e. The van der Waals surface area contributed by atoms with E-state index in [1.54, 1.807) is 0 Å². The van der Waals surface area contributed by atoms with E-state index in [0.29, 0.717) is 13.0 Å². The average molecular weight is 304 g/mol. The highest BCUT2D eigenvalue weighted by atomic mass is 32.2. The number of benzene rings is 1. The van der Waals surface area contributed by atoms with E-state index in [2.05, 4.69) is 4.90 Å². The van der Waals surface area contributed by atoms with Crippen LogP contribution in [0.15, 0.2) is 30.3 Å². The average Bonchev–Trinajstić information content (AvgIpc) is 2.82. The molecule has 1 aromatic carbocycles. The lowest BCUT2D eigenvalue weighted by Gasteiger charge is -2.30. The topological polar surface area (TPSA) is 40.6 Å². The van der Waals surface area contributed by atoms with Gasteiger partial charge in [0.1, 0.15) is 0 Å². The van der Waals surface area contributed by atoms with Crippen LogP contribution in [0.5, 0.6) is 0 Å². The van der Waals surface area contributed by atoms with Crippen molar-refractivity contribution in [3.05, 3.63) is 35.9 Å². The van der Waals surface area contributed by atoms with Crippen LogP contribution in [0.4, 0.5) is 0 Å². The zero-order chi connectivity index (χ0) is 14.7. The monoisotopic (exact) mass is 304 g/mol. The third-order valence-corrected chi connectivity index (χ3v) is 5.12.